The molecule has 0 aliphatic heterocycles. The lowest BCUT2D eigenvalue weighted by Gasteiger charge is -1.90. The lowest BCUT2D eigenvalue weighted by Crippen LogP contribution is -1.71. The molecule has 0 saturated heterocycles. The molecule has 0 fully saturated rings. The van der Waals surface area contributed by atoms with Crippen LogP contribution in [0.4, 0.5) is 0 Å². The van der Waals surface area contributed by atoms with Crippen molar-refractivity contribution in [1.29, 1.82) is 0 Å². The van der Waals surface area contributed by atoms with Gasteiger partial charge in [0.1, 0.15) is 16.7 Å². The Hall–Kier alpha value is -1.71. The number of hydrogen-bond acceptors (Lipinski definition) is 3. The van der Waals surface area contributed by atoms with Gasteiger partial charge in [-0.3, -0.25) is 0 Å². The van der Waals surface area contributed by atoms with Crippen LogP contribution in [0, 0.1) is 0 Å². The molecule has 0 radical (unpaired) electrons. The number of fused-ring (bicyclic) bond motifs is 5. The first-order chi connectivity index (χ1) is 8.72. The third kappa shape index (κ3) is 1.29. The van der Waals surface area contributed by atoms with E-state index >= 15 is 0 Å². The van der Waals surface area contributed by atoms with Gasteiger partial charge in [-0.05, 0) is 35.9 Å². The van der Waals surface area contributed by atoms with Crippen molar-refractivity contribution in [2.24, 2.45) is 0 Å². The van der Waals surface area contributed by atoms with Crippen LogP contribution in [0.25, 0.3) is 33.0 Å². The second-order valence-corrected chi connectivity index (χ2v) is 4.75. The van der Waals surface area contributed by atoms with Crippen molar-refractivity contribution in [3.63, 3.8) is 0 Å². The Bertz CT molecular complexity index is 907. The van der Waals surface area contributed by atoms with Crippen molar-refractivity contribution in [1.82, 2.24) is 4.98 Å². The maximum absolute atomic E-state index is 5.95. The highest BCUT2D eigenvalue weighted by Gasteiger charge is 2.14. The van der Waals surface area contributed by atoms with E-state index in [1.165, 1.54) is 0 Å². The second-order valence-electron chi connectivity index (χ2n) is 3.99. The number of halogens is 2. The van der Waals surface area contributed by atoms with Gasteiger partial charge in [0, 0.05) is 16.5 Å². The Labute approximate surface area is 111 Å². The van der Waals surface area contributed by atoms with Crippen LogP contribution in [0.2, 0.25) is 10.4 Å². The van der Waals surface area contributed by atoms with Gasteiger partial charge in [-0.2, -0.15) is 4.98 Å². The molecule has 0 aliphatic rings. The Kier molecular flexibility index (Phi) is 1.93. The van der Waals surface area contributed by atoms with Gasteiger partial charge in [0.05, 0.1) is 5.39 Å². The van der Waals surface area contributed by atoms with E-state index in [2.05, 4.69) is 4.98 Å². The Balaban J connectivity index is 2.31. The largest absolute Gasteiger partial charge is 0.456 e. The van der Waals surface area contributed by atoms with Crippen molar-refractivity contribution in [3.05, 3.63) is 40.7 Å². The highest BCUT2D eigenvalue weighted by Crippen LogP contribution is 2.36. The van der Waals surface area contributed by atoms with E-state index in [0.717, 1.165) is 21.9 Å². The summed E-state index contributed by atoms with van der Waals surface area (Å²) >= 11 is 11.8. The van der Waals surface area contributed by atoms with Crippen LogP contribution in [0.1, 0.15) is 0 Å². The SMILES string of the molecule is Clc1ccc2c(c1)oc1ccc3oc(Cl)nc3c12. The second kappa shape index (κ2) is 3.40. The smallest absolute Gasteiger partial charge is 0.293 e. The predicted octanol–water partition coefficient (Wildman–Crippen LogP) is 5.03. The molecule has 0 bridgehead atoms. The van der Waals surface area contributed by atoms with Gasteiger partial charge in [0.2, 0.25) is 0 Å². The van der Waals surface area contributed by atoms with E-state index in [1.807, 2.05) is 18.2 Å². The van der Waals surface area contributed by atoms with E-state index in [4.69, 9.17) is 32.0 Å². The van der Waals surface area contributed by atoms with Gasteiger partial charge in [-0.25, -0.2) is 0 Å². The number of furan rings is 1. The average Bonchev–Trinajstić information content (AvgIpc) is 2.86. The van der Waals surface area contributed by atoms with Gasteiger partial charge >= 0.3 is 0 Å². The molecule has 0 atom stereocenters. The molecule has 4 aromatic rings. The quantitative estimate of drug-likeness (QED) is 0.452. The summed E-state index contributed by atoms with van der Waals surface area (Å²) in [6.45, 7) is 0. The summed E-state index contributed by atoms with van der Waals surface area (Å²) in [5, 5.41) is 2.61. The number of aromatic nitrogens is 1. The Morgan fingerprint density at radius 1 is 0.889 bits per heavy atom. The molecule has 0 N–H and O–H groups in total. The van der Waals surface area contributed by atoms with Crippen molar-refractivity contribution < 1.29 is 8.83 Å². The van der Waals surface area contributed by atoms with Crippen LogP contribution < -0.4 is 0 Å². The molecular formula is C13H5Cl2NO2. The third-order valence-corrected chi connectivity index (χ3v) is 3.33. The maximum Gasteiger partial charge on any atom is 0.293 e. The lowest BCUT2D eigenvalue weighted by atomic mass is 10.1. The third-order valence-electron chi connectivity index (χ3n) is 2.93. The summed E-state index contributed by atoms with van der Waals surface area (Å²) < 4.78 is 11.0. The molecule has 2 aromatic carbocycles. The zero-order valence-corrected chi connectivity index (χ0v) is 10.4. The Morgan fingerprint density at radius 2 is 1.72 bits per heavy atom. The standard InChI is InChI=1S/C13H5Cl2NO2/c14-6-1-2-7-10(5-6)17-8-3-4-9-12(11(7)8)16-13(15)18-9/h1-5H. The van der Waals surface area contributed by atoms with E-state index in [1.54, 1.807) is 12.1 Å². The summed E-state index contributed by atoms with van der Waals surface area (Å²) in [6.07, 6.45) is 0. The summed E-state index contributed by atoms with van der Waals surface area (Å²) in [5.74, 6) is 0. The molecule has 2 aromatic heterocycles. The first kappa shape index (κ1) is 10.2. The van der Waals surface area contributed by atoms with Crippen LogP contribution in [0.3, 0.4) is 0 Å². The predicted molar refractivity (Wildman–Crippen MR) is 71.3 cm³/mol. The van der Waals surface area contributed by atoms with Gasteiger partial charge in [0.15, 0.2) is 5.58 Å². The first-order valence-electron chi connectivity index (χ1n) is 5.29. The fourth-order valence-corrected chi connectivity index (χ4v) is 2.53. The lowest BCUT2D eigenvalue weighted by molar-refractivity contribution is 0.604. The number of rotatable bonds is 0. The molecule has 88 valence electrons. The molecule has 0 unspecified atom stereocenters. The molecular weight excluding hydrogens is 273 g/mol. The van der Waals surface area contributed by atoms with Crippen LogP contribution in [-0.2, 0) is 0 Å². The molecule has 3 nitrogen and oxygen atoms in total. The summed E-state index contributed by atoms with van der Waals surface area (Å²) in [5.41, 5.74) is 2.82. The van der Waals surface area contributed by atoms with Crippen molar-refractivity contribution in [2.45, 2.75) is 0 Å². The van der Waals surface area contributed by atoms with Crippen LogP contribution >= 0.6 is 23.2 Å². The summed E-state index contributed by atoms with van der Waals surface area (Å²) in [4.78, 5) is 4.19. The fraction of sp³-hybridized carbons (Fsp3) is 0. The highest BCUT2D eigenvalue weighted by molar-refractivity contribution is 6.32. The van der Waals surface area contributed by atoms with Gasteiger partial charge in [-0.15, -0.1) is 0 Å². The average molecular weight is 278 g/mol. The minimum absolute atomic E-state index is 0.126. The number of hydrogen-bond donors (Lipinski definition) is 0. The Morgan fingerprint density at radius 3 is 2.61 bits per heavy atom. The molecule has 0 saturated carbocycles. The number of benzene rings is 2. The molecule has 0 aliphatic carbocycles. The first-order valence-corrected chi connectivity index (χ1v) is 6.05. The van der Waals surface area contributed by atoms with Crippen molar-refractivity contribution in [2.75, 3.05) is 0 Å². The number of oxazole rings is 1. The fourth-order valence-electron chi connectivity index (χ4n) is 2.20. The minimum Gasteiger partial charge on any atom is -0.456 e. The zero-order chi connectivity index (χ0) is 12.3. The van der Waals surface area contributed by atoms with Crippen molar-refractivity contribution >= 4 is 56.2 Å². The molecule has 18 heavy (non-hydrogen) atoms. The van der Waals surface area contributed by atoms with E-state index < -0.39 is 0 Å². The molecule has 4 rings (SSSR count). The van der Waals surface area contributed by atoms with Crippen LogP contribution in [-0.4, -0.2) is 4.98 Å². The molecule has 0 spiro atoms. The summed E-state index contributed by atoms with van der Waals surface area (Å²) in [7, 11) is 0. The zero-order valence-electron chi connectivity index (χ0n) is 8.91. The molecule has 5 heteroatoms. The highest BCUT2D eigenvalue weighted by atomic mass is 35.5. The van der Waals surface area contributed by atoms with Gasteiger partial charge in [-0.1, -0.05) is 11.6 Å². The normalized spacial score (nSPS) is 11.9. The maximum atomic E-state index is 5.95. The van der Waals surface area contributed by atoms with E-state index in [0.29, 0.717) is 16.1 Å². The van der Waals surface area contributed by atoms with Gasteiger partial charge < -0.3 is 8.83 Å². The van der Waals surface area contributed by atoms with Crippen LogP contribution in [0.15, 0.2) is 39.2 Å². The topological polar surface area (TPSA) is 39.2 Å². The van der Waals surface area contributed by atoms with Crippen LogP contribution in [0.5, 0.6) is 0 Å². The number of nitrogens with zero attached hydrogens (tertiary/aromatic N) is 1. The minimum atomic E-state index is 0.126. The molecule has 2 heterocycles. The van der Waals surface area contributed by atoms with E-state index in [-0.39, 0.29) is 5.35 Å². The molecule has 0 amide bonds. The van der Waals surface area contributed by atoms with Crippen molar-refractivity contribution in [3.8, 4) is 0 Å². The summed E-state index contributed by atoms with van der Waals surface area (Å²) in [6, 6.07) is 9.14. The van der Waals surface area contributed by atoms with Gasteiger partial charge in [0.25, 0.3) is 5.35 Å². The monoisotopic (exact) mass is 277 g/mol. The van der Waals surface area contributed by atoms with E-state index in [9.17, 15) is 0 Å².